The van der Waals surface area contributed by atoms with Crippen LogP contribution in [0.4, 0.5) is 5.69 Å². The van der Waals surface area contributed by atoms with Crippen molar-refractivity contribution in [3.05, 3.63) is 52.8 Å². The summed E-state index contributed by atoms with van der Waals surface area (Å²) in [5, 5.41) is 2.78. The molecule has 0 saturated carbocycles. The Kier molecular flexibility index (Phi) is 5.85. The van der Waals surface area contributed by atoms with E-state index in [9.17, 15) is 14.4 Å². The Balaban J connectivity index is 2.38. The molecule has 1 amide bonds. The number of esters is 1. The van der Waals surface area contributed by atoms with Gasteiger partial charge < -0.3 is 25.3 Å². The highest BCUT2D eigenvalue weighted by atomic mass is 16.7. The lowest BCUT2D eigenvalue weighted by Gasteiger charge is -2.36. The van der Waals surface area contributed by atoms with E-state index in [0.29, 0.717) is 17.7 Å². The molecule has 31 heavy (non-hydrogen) atoms. The highest BCUT2D eigenvalue weighted by molar-refractivity contribution is 6.22. The summed E-state index contributed by atoms with van der Waals surface area (Å²) in [7, 11) is 0. The Morgan fingerprint density at radius 3 is 2.45 bits per heavy atom. The molecule has 0 radical (unpaired) electrons. The molecular weight excluding hydrogens is 400 g/mol. The van der Waals surface area contributed by atoms with Gasteiger partial charge >= 0.3 is 5.97 Å². The third-order valence-corrected chi connectivity index (χ3v) is 4.96. The van der Waals surface area contributed by atoms with E-state index in [2.05, 4.69) is 5.32 Å². The predicted octanol–water partition coefficient (Wildman–Crippen LogP) is 3.04. The number of benzene rings is 1. The molecule has 2 heterocycles. The third-order valence-electron chi connectivity index (χ3n) is 4.96. The molecule has 0 fully saturated rings. The number of fused-ring (bicyclic) bond motifs is 2. The van der Waals surface area contributed by atoms with Crippen LogP contribution in [0.2, 0.25) is 0 Å². The first-order valence-corrected chi connectivity index (χ1v) is 10.3. The smallest absolute Gasteiger partial charge is 0.341 e. The van der Waals surface area contributed by atoms with Gasteiger partial charge in [-0.1, -0.05) is 25.1 Å². The normalized spacial score (nSPS) is 20.4. The Morgan fingerprint density at radius 1 is 1.16 bits per heavy atom. The Hall–Kier alpha value is -3.29. The highest BCUT2D eigenvalue weighted by Crippen LogP contribution is 2.53. The first kappa shape index (κ1) is 22.4. The van der Waals surface area contributed by atoms with Crippen molar-refractivity contribution in [2.45, 2.75) is 58.5 Å². The summed E-state index contributed by atoms with van der Waals surface area (Å²) in [6, 6.07) is 6.85. The molecule has 1 atom stereocenters. The Bertz CT molecular complexity index is 1000. The number of para-hydroxylation sites is 1. The Morgan fingerprint density at radius 2 is 1.84 bits per heavy atom. The molecule has 3 N–H and O–H groups in total. The van der Waals surface area contributed by atoms with Crippen LogP contribution in [0.1, 0.15) is 53.0 Å². The zero-order valence-corrected chi connectivity index (χ0v) is 18.5. The van der Waals surface area contributed by atoms with Crippen molar-refractivity contribution in [1.82, 2.24) is 0 Å². The van der Waals surface area contributed by atoms with Crippen LogP contribution in [0.25, 0.3) is 0 Å². The number of ether oxygens (including phenoxy) is 3. The van der Waals surface area contributed by atoms with E-state index in [1.165, 1.54) is 0 Å². The van der Waals surface area contributed by atoms with E-state index in [4.69, 9.17) is 19.9 Å². The van der Waals surface area contributed by atoms with E-state index >= 15 is 0 Å². The van der Waals surface area contributed by atoms with Gasteiger partial charge in [-0.3, -0.25) is 9.59 Å². The quantitative estimate of drug-likeness (QED) is 0.669. The Labute approximate surface area is 181 Å². The van der Waals surface area contributed by atoms with Crippen molar-refractivity contribution in [3.8, 4) is 0 Å². The number of Topliss-reactive ketones (excluding diaryl/α,β-unsaturated/α-hetero) is 1. The lowest BCUT2D eigenvalue weighted by atomic mass is 9.67. The van der Waals surface area contributed by atoms with Crippen LogP contribution in [0, 0.1) is 0 Å². The van der Waals surface area contributed by atoms with E-state index in [0.717, 1.165) is 0 Å². The van der Waals surface area contributed by atoms with E-state index < -0.39 is 22.9 Å². The lowest BCUT2D eigenvalue weighted by molar-refractivity contribution is -0.152. The number of nitrogens with one attached hydrogen (secondary N) is 1. The van der Waals surface area contributed by atoms with Crippen LogP contribution < -0.4 is 11.1 Å². The average Bonchev–Trinajstić information content (AvgIpc) is 2.93. The SMILES string of the molecule is CCCC(=O)C1=C(OCC)OC(N)=C(C(=O)OC(C)(C)C)C12C(=O)Nc1ccccc12. The van der Waals surface area contributed by atoms with Crippen molar-refractivity contribution in [3.63, 3.8) is 0 Å². The number of rotatable bonds is 6. The van der Waals surface area contributed by atoms with Gasteiger partial charge in [-0.15, -0.1) is 0 Å². The number of anilines is 1. The van der Waals surface area contributed by atoms with Crippen molar-refractivity contribution >= 4 is 23.3 Å². The molecule has 8 heteroatoms. The molecule has 0 bridgehead atoms. The fourth-order valence-electron chi connectivity index (χ4n) is 3.91. The van der Waals surface area contributed by atoms with Gasteiger partial charge in [0.25, 0.3) is 5.95 Å². The summed E-state index contributed by atoms with van der Waals surface area (Å²) in [6.45, 7) is 8.84. The van der Waals surface area contributed by atoms with Gasteiger partial charge in [0.15, 0.2) is 5.78 Å². The maximum Gasteiger partial charge on any atom is 0.341 e. The van der Waals surface area contributed by atoms with Gasteiger partial charge in [0.2, 0.25) is 11.8 Å². The van der Waals surface area contributed by atoms with Crippen LogP contribution in [0.15, 0.2) is 47.2 Å². The van der Waals surface area contributed by atoms with Crippen molar-refractivity contribution in [2.75, 3.05) is 11.9 Å². The van der Waals surface area contributed by atoms with E-state index in [-0.39, 0.29) is 41.8 Å². The fourth-order valence-corrected chi connectivity index (χ4v) is 3.91. The number of carbonyl (C=O) groups is 3. The van der Waals surface area contributed by atoms with Gasteiger partial charge in [0.1, 0.15) is 22.2 Å². The number of hydrogen-bond acceptors (Lipinski definition) is 7. The molecule has 3 rings (SSSR count). The third kappa shape index (κ3) is 3.66. The average molecular weight is 428 g/mol. The predicted molar refractivity (Wildman–Crippen MR) is 113 cm³/mol. The lowest BCUT2D eigenvalue weighted by Crippen LogP contribution is -2.49. The highest BCUT2D eigenvalue weighted by Gasteiger charge is 2.62. The van der Waals surface area contributed by atoms with Crippen LogP contribution in [0.5, 0.6) is 0 Å². The maximum atomic E-state index is 13.6. The van der Waals surface area contributed by atoms with Crippen LogP contribution in [0.3, 0.4) is 0 Å². The summed E-state index contributed by atoms with van der Waals surface area (Å²) in [6.07, 6.45) is 0.663. The molecule has 0 saturated heterocycles. The zero-order valence-electron chi connectivity index (χ0n) is 18.5. The number of nitrogens with two attached hydrogens (primary N) is 1. The maximum absolute atomic E-state index is 13.6. The largest absolute Gasteiger partial charge is 0.465 e. The first-order valence-electron chi connectivity index (χ1n) is 10.3. The molecule has 1 unspecified atom stereocenters. The fraction of sp³-hybridized carbons (Fsp3) is 0.435. The second kappa shape index (κ2) is 8.09. The molecular formula is C23H28N2O6. The molecule has 8 nitrogen and oxygen atoms in total. The number of amides is 1. The summed E-state index contributed by atoms with van der Waals surface area (Å²) >= 11 is 0. The van der Waals surface area contributed by atoms with Crippen LogP contribution in [-0.2, 0) is 34.0 Å². The number of carbonyl (C=O) groups excluding carboxylic acids is 3. The summed E-state index contributed by atoms with van der Waals surface area (Å²) in [4.78, 5) is 40.3. The minimum absolute atomic E-state index is 0.0475. The van der Waals surface area contributed by atoms with Gasteiger partial charge in [-0.25, -0.2) is 4.79 Å². The van der Waals surface area contributed by atoms with Gasteiger partial charge in [-0.05, 0) is 40.2 Å². The van der Waals surface area contributed by atoms with Crippen molar-refractivity contribution in [2.24, 2.45) is 5.73 Å². The number of hydrogen-bond donors (Lipinski definition) is 2. The standard InChI is InChI=1S/C23H28N2O6/c1-6-10-15(26)16-20(29-7-2)30-18(24)17(19(27)31-22(3,4)5)23(16)13-11-8-9-12-14(13)25-21(23)28/h8-9,11-12H,6-7,10,24H2,1-5H3,(H,25,28). The topological polar surface area (TPSA) is 117 Å². The molecule has 1 spiro atoms. The second-order valence-corrected chi connectivity index (χ2v) is 8.36. The van der Waals surface area contributed by atoms with Gasteiger partial charge in [-0.2, -0.15) is 0 Å². The molecule has 1 aromatic carbocycles. The van der Waals surface area contributed by atoms with Gasteiger partial charge in [0, 0.05) is 17.7 Å². The summed E-state index contributed by atoms with van der Waals surface area (Å²) in [5.41, 5.74) is 4.10. The first-order chi connectivity index (χ1) is 14.6. The monoisotopic (exact) mass is 428 g/mol. The summed E-state index contributed by atoms with van der Waals surface area (Å²) in [5.74, 6) is -2.30. The second-order valence-electron chi connectivity index (χ2n) is 8.36. The van der Waals surface area contributed by atoms with Crippen molar-refractivity contribution < 1.29 is 28.6 Å². The molecule has 0 aliphatic carbocycles. The molecule has 2 aliphatic rings. The van der Waals surface area contributed by atoms with E-state index in [1.807, 2.05) is 6.92 Å². The molecule has 166 valence electrons. The summed E-state index contributed by atoms with van der Waals surface area (Å²) < 4.78 is 16.8. The number of ketones is 1. The molecule has 0 aromatic heterocycles. The van der Waals surface area contributed by atoms with Crippen molar-refractivity contribution in [1.29, 1.82) is 0 Å². The van der Waals surface area contributed by atoms with Crippen LogP contribution >= 0.6 is 0 Å². The zero-order chi connectivity index (χ0) is 23.0. The van der Waals surface area contributed by atoms with E-state index in [1.54, 1.807) is 52.0 Å². The molecule has 1 aromatic rings. The molecule has 2 aliphatic heterocycles. The minimum atomic E-state index is -1.84. The minimum Gasteiger partial charge on any atom is -0.465 e. The van der Waals surface area contributed by atoms with Gasteiger partial charge in [0.05, 0.1) is 6.61 Å². The van der Waals surface area contributed by atoms with Crippen LogP contribution in [-0.4, -0.2) is 29.9 Å².